The van der Waals surface area contributed by atoms with E-state index in [1.165, 1.54) is 6.92 Å². The van der Waals surface area contributed by atoms with Crippen molar-refractivity contribution in [3.63, 3.8) is 0 Å². The van der Waals surface area contributed by atoms with Gasteiger partial charge in [0.25, 0.3) is 5.56 Å². The van der Waals surface area contributed by atoms with Gasteiger partial charge in [-0.3, -0.25) is 14.4 Å². The van der Waals surface area contributed by atoms with E-state index in [1.54, 1.807) is 63.5 Å². The molecule has 4 aliphatic rings. The third-order valence-electron chi connectivity index (χ3n) is 12.3. The molecule has 1 unspecified atom stereocenters. The van der Waals surface area contributed by atoms with Gasteiger partial charge >= 0.3 is 17.9 Å². The summed E-state index contributed by atoms with van der Waals surface area (Å²) < 4.78 is 47.2. The molecule has 0 spiro atoms. The molecule has 6 heterocycles. The van der Waals surface area contributed by atoms with Crippen molar-refractivity contribution in [3.05, 3.63) is 56.9 Å². The Bertz CT molecular complexity index is 2420. The summed E-state index contributed by atoms with van der Waals surface area (Å²) in [6.07, 6.45) is -14.7. The summed E-state index contributed by atoms with van der Waals surface area (Å²) in [6.45, 7) is 10.4. The first-order valence-electron chi connectivity index (χ1n) is 22.5. The minimum absolute atomic E-state index is 0.00974. The standard InChI is InChI=1S/C46H59N3O18/c1-8-24-25-15-23(12-13-29(25)48-33-26(24)17-49-30(33)16-28-27(41(49)56)19-61-45(58)46(28,59)9-2)64-32(52)11-10-14-60-42(57)40-39(36(54)37(55)44(67-40)63-21(5)6)66-43-34(47-22(7)51)38(62-20(3)4)35(53)31(18-50)65-43/h12-13,15-16,20-21,31,34-40,43-44,50,53-55,59H,8-11,14,17-19H2,1-7H3,(H,47,51)/t31-,34-,35-,36-,37-,38-,39+,40?,43+,44-,46+/m1/s1. The van der Waals surface area contributed by atoms with Crippen LogP contribution in [-0.2, 0) is 77.5 Å². The van der Waals surface area contributed by atoms with Crippen molar-refractivity contribution >= 4 is 34.7 Å². The van der Waals surface area contributed by atoms with E-state index < -0.39 is 110 Å². The highest BCUT2D eigenvalue weighted by molar-refractivity contribution is 5.90. The Labute approximate surface area is 385 Å². The van der Waals surface area contributed by atoms with Gasteiger partial charge in [-0.25, -0.2) is 14.6 Å². The summed E-state index contributed by atoms with van der Waals surface area (Å²) in [5.74, 6) is -2.86. The fourth-order valence-electron chi connectivity index (χ4n) is 9.02. The number of nitrogens with zero attached hydrogens (tertiary/aromatic N) is 2. The minimum Gasteiger partial charge on any atom is -0.464 e. The zero-order valence-electron chi connectivity index (χ0n) is 38.3. The molecule has 366 valence electrons. The van der Waals surface area contributed by atoms with Crippen molar-refractivity contribution in [1.82, 2.24) is 14.9 Å². The number of esters is 3. The number of aryl methyl sites for hydroxylation is 1. The fraction of sp³-hybridized carbons (Fsp3) is 0.609. The van der Waals surface area contributed by atoms with E-state index in [-0.39, 0.29) is 61.5 Å². The highest BCUT2D eigenvalue weighted by atomic mass is 16.7. The van der Waals surface area contributed by atoms with Gasteiger partial charge in [-0.15, -0.1) is 0 Å². The molecule has 2 fully saturated rings. The molecule has 1 aromatic carbocycles. The average Bonchev–Trinajstić information content (AvgIpc) is 3.65. The van der Waals surface area contributed by atoms with Crippen LogP contribution in [0.5, 0.6) is 5.75 Å². The molecular weight excluding hydrogens is 883 g/mol. The Balaban J connectivity index is 1.03. The zero-order valence-corrected chi connectivity index (χ0v) is 38.3. The largest absolute Gasteiger partial charge is 0.464 e. The van der Waals surface area contributed by atoms with E-state index in [0.717, 1.165) is 11.1 Å². The number of nitrogens with one attached hydrogen (secondary N) is 1. The lowest BCUT2D eigenvalue weighted by Crippen LogP contribution is -2.68. The first kappa shape index (κ1) is 50.0. The summed E-state index contributed by atoms with van der Waals surface area (Å²) in [4.78, 5) is 70.4. The van der Waals surface area contributed by atoms with Gasteiger partial charge in [-0.05, 0) is 76.8 Å². The number of hydrogen-bond acceptors (Lipinski definition) is 19. The summed E-state index contributed by atoms with van der Waals surface area (Å²) in [5, 5.41) is 57.9. The molecule has 21 nitrogen and oxygen atoms in total. The normalized spacial score (nSPS) is 29.0. The van der Waals surface area contributed by atoms with Crippen molar-refractivity contribution in [1.29, 1.82) is 0 Å². The number of aliphatic hydroxyl groups excluding tert-OH is 4. The van der Waals surface area contributed by atoms with Crippen LogP contribution in [0.15, 0.2) is 29.1 Å². The maximum absolute atomic E-state index is 13.7. The number of benzene rings is 1. The second kappa shape index (κ2) is 20.3. The number of cyclic esters (lactones) is 1. The highest BCUT2D eigenvalue weighted by Gasteiger charge is 2.54. The van der Waals surface area contributed by atoms with Crippen LogP contribution in [0.2, 0.25) is 0 Å². The van der Waals surface area contributed by atoms with Gasteiger partial charge in [0.1, 0.15) is 55.0 Å². The van der Waals surface area contributed by atoms with Gasteiger partial charge in [0, 0.05) is 29.9 Å². The van der Waals surface area contributed by atoms with Crippen LogP contribution in [-0.4, -0.2) is 146 Å². The van der Waals surface area contributed by atoms with E-state index in [0.29, 0.717) is 28.7 Å². The molecule has 0 aliphatic carbocycles. The topological polar surface area (TPSA) is 290 Å². The van der Waals surface area contributed by atoms with Crippen molar-refractivity contribution in [3.8, 4) is 17.1 Å². The fourth-order valence-corrected chi connectivity index (χ4v) is 9.02. The summed E-state index contributed by atoms with van der Waals surface area (Å²) in [5.41, 5.74) is 1.30. The molecule has 0 saturated carbocycles. The molecule has 2 saturated heterocycles. The summed E-state index contributed by atoms with van der Waals surface area (Å²) >= 11 is 0. The Morgan fingerprint density at radius 2 is 1.69 bits per heavy atom. The number of hydrogen-bond donors (Lipinski definition) is 6. The molecule has 6 N–H and O–H groups in total. The quantitative estimate of drug-likeness (QED) is 0.0507. The van der Waals surface area contributed by atoms with Crippen molar-refractivity contribution in [2.45, 2.75) is 166 Å². The second-order valence-corrected chi connectivity index (χ2v) is 17.6. The number of aliphatic hydroxyl groups is 5. The van der Waals surface area contributed by atoms with Gasteiger partial charge in [0.05, 0.1) is 54.4 Å². The van der Waals surface area contributed by atoms with E-state index in [1.807, 2.05) is 6.92 Å². The third-order valence-corrected chi connectivity index (χ3v) is 12.3. The number of amides is 1. The van der Waals surface area contributed by atoms with Crippen LogP contribution >= 0.6 is 0 Å². The van der Waals surface area contributed by atoms with E-state index in [4.69, 9.17) is 42.9 Å². The number of fused-ring (bicyclic) bond motifs is 5. The third kappa shape index (κ3) is 9.85. The lowest BCUT2D eigenvalue weighted by molar-refractivity contribution is -0.347. The lowest BCUT2D eigenvalue weighted by Gasteiger charge is -2.48. The lowest BCUT2D eigenvalue weighted by atomic mass is 9.86. The monoisotopic (exact) mass is 941 g/mol. The maximum Gasteiger partial charge on any atom is 0.343 e. The number of rotatable bonds is 16. The number of aromatic nitrogens is 2. The molecule has 0 radical (unpaired) electrons. The molecule has 3 aromatic rings. The van der Waals surface area contributed by atoms with Crippen molar-refractivity contribution < 1.29 is 82.6 Å². The molecular formula is C46H59N3O18. The van der Waals surface area contributed by atoms with E-state index in [2.05, 4.69) is 5.32 Å². The average molecular weight is 942 g/mol. The van der Waals surface area contributed by atoms with Crippen LogP contribution in [0, 0.1) is 0 Å². The first-order chi connectivity index (χ1) is 31.8. The predicted octanol–water partition coefficient (Wildman–Crippen LogP) is 0.504. The Hall–Kier alpha value is -4.94. The van der Waals surface area contributed by atoms with Gasteiger partial charge < -0.3 is 73.3 Å². The van der Waals surface area contributed by atoms with Crippen LogP contribution in [0.3, 0.4) is 0 Å². The van der Waals surface area contributed by atoms with Gasteiger partial charge in [0.2, 0.25) is 5.91 Å². The van der Waals surface area contributed by atoms with E-state index >= 15 is 0 Å². The number of ether oxygens (including phenoxy) is 8. The van der Waals surface area contributed by atoms with Crippen LogP contribution < -0.4 is 15.6 Å². The van der Waals surface area contributed by atoms with Gasteiger partial charge in [-0.1, -0.05) is 13.8 Å². The molecule has 1 amide bonds. The van der Waals surface area contributed by atoms with Crippen molar-refractivity contribution in [2.75, 3.05) is 13.2 Å². The first-order valence-corrected chi connectivity index (χ1v) is 22.5. The van der Waals surface area contributed by atoms with Gasteiger partial charge in [0.15, 0.2) is 24.3 Å². The number of pyridine rings is 2. The van der Waals surface area contributed by atoms with Crippen LogP contribution in [0.1, 0.15) is 90.0 Å². The number of carbonyl (C=O) groups is 4. The van der Waals surface area contributed by atoms with Crippen LogP contribution in [0.4, 0.5) is 0 Å². The Morgan fingerprint density at radius 3 is 2.34 bits per heavy atom. The van der Waals surface area contributed by atoms with Crippen LogP contribution in [0.25, 0.3) is 22.3 Å². The Kier molecular flexibility index (Phi) is 15.2. The van der Waals surface area contributed by atoms with E-state index in [9.17, 15) is 49.5 Å². The summed E-state index contributed by atoms with van der Waals surface area (Å²) in [6, 6.07) is 5.35. The predicted molar refractivity (Wildman–Crippen MR) is 231 cm³/mol. The molecule has 7 rings (SSSR count). The molecule has 4 aliphatic heterocycles. The molecule has 21 heteroatoms. The molecule has 2 aromatic heterocycles. The summed E-state index contributed by atoms with van der Waals surface area (Å²) in [7, 11) is 0. The molecule has 0 bridgehead atoms. The minimum atomic E-state index is -1.96. The SMILES string of the molecule is CCc1c2c(nc3ccc(OC(=O)CCCOC(=O)C4O[C@@H](OC(C)C)[C@H](O)[C@@H](O)[C@@H]4O[C@@H]4O[C@H](CO)[C@@H](O)[C@H](OC(C)C)[C@H]4NC(C)=O)cc13)-c1cc3c(c(=O)n1C2)COC(=O)[C@]3(O)CC. The Morgan fingerprint density at radius 1 is 0.955 bits per heavy atom. The van der Waals surface area contributed by atoms with Crippen molar-refractivity contribution in [2.24, 2.45) is 0 Å². The number of carbonyl (C=O) groups excluding carboxylic acids is 4. The maximum atomic E-state index is 13.7. The molecule has 67 heavy (non-hydrogen) atoms. The smallest absolute Gasteiger partial charge is 0.343 e. The highest BCUT2D eigenvalue weighted by Crippen LogP contribution is 2.41. The second-order valence-electron chi connectivity index (χ2n) is 17.6. The van der Waals surface area contributed by atoms with Gasteiger partial charge in [-0.2, -0.15) is 0 Å². The molecule has 11 atom stereocenters. The zero-order chi connectivity index (χ0) is 48.6.